The van der Waals surface area contributed by atoms with Crippen LogP contribution < -0.4 is 20.7 Å². The van der Waals surface area contributed by atoms with E-state index < -0.39 is 0 Å². The van der Waals surface area contributed by atoms with Crippen LogP contribution in [0.25, 0.3) is 0 Å². The number of halogens is 1. The molecule has 0 aliphatic carbocycles. The number of carbonyl (C=O) groups excluding carboxylic acids is 1. The lowest BCUT2D eigenvalue weighted by Gasteiger charge is -2.11. The van der Waals surface area contributed by atoms with Gasteiger partial charge >= 0.3 is 0 Å². The predicted molar refractivity (Wildman–Crippen MR) is 115 cm³/mol. The van der Waals surface area contributed by atoms with Gasteiger partial charge < -0.3 is 25.4 Å². The molecule has 0 spiro atoms. The summed E-state index contributed by atoms with van der Waals surface area (Å²) in [6, 6.07) is 7.60. The molecule has 0 saturated carbocycles. The van der Waals surface area contributed by atoms with E-state index >= 15 is 0 Å². The molecule has 8 heteroatoms. The molecule has 1 aromatic carbocycles. The van der Waals surface area contributed by atoms with Crippen LogP contribution in [-0.4, -0.2) is 51.3 Å². The minimum atomic E-state index is -0.126. The molecule has 0 aliphatic heterocycles. The second-order valence-corrected chi connectivity index (χ2v) is 5.21. The SMILES string of the molecule is CCNC(=O)COc1cccc(CN=C(NCC)NCCOCC)c1.I. The van der Waals surface area contributed by atoms with Gasteiger partial charge in [-0.2, -0.15) is 0 Å². The zero-order valence-corrected chi connectivity index (χ0v) is 18.2. The van der Waals surface area contributed by atoms with E-state index in [1.165, 1.54) is 0 Å². The van der Waals surface area contributed by atoms with E-state index in [9.17, 15) is 4.79 Å². The Labute approximate surface area is 173 Å². The lowest BCUT2D eigenvalue weighted by atomic mass is 10.2. The first-order valence-corrected chi connectivity index (χ1v) is 8.77. The van der Waals surface area contributed by atoms with Crippen LogP contribution in [0.15, 0.2) is 29.3 Å². The standard InChI is InChI=1S/C18H30N4O3.HI/c1-4-19-17(23)14-25-16-9-7-8-15(12-16)13-22-18(20-5-2)21-10-11-24-6-3;/h7-9,12H,4-6,10-11,13-14H2,1-3H3,(H,19,23)(H2,20,21,22);1H. The molecule has 1 aromatic rings. The highest BCUT2D eigenvalue weighted by Crippen LogP contribution is 2.14. The molecular formula is C18H31IN4O3. The van der Waals surface area contributed by atoms with Crippen LogP contribution in [0.1, 0.15) is 26.3 Å². The van der Waals surface area contributed by atoms with Crippen molar-refractivity contribution >= 4 is 35.8 Å². The number of benzene rings is 1. The highest BCUT2D eigenvalue weighted by atomic mass is 127. The second-order valence-electron chi connectivity index (χ2n) is 5.21. The summed E-state index contributed by atoms with van der Waals surface area (Å²) in [5.41, 5.74) is 1.01. The number of rotatable bonds is 11. The van der Waals surface area contributed by atoms with E-state index in [-0.39, 0.29) is 36.5 Å². The molecule has 0 unspecified atom stereocenters. The van der Waals surface area contributed by atoms with Gasteiger partial charge in [-0.3, -0.25) is 4.79 Å². The number of guanidine groups is 1. The van der Waals surface area contributed by atoms with Crippen LogP contribution in [0.3, 0.4) is 0 Å². The number of hydrogen-bond donors (Lipinski definition) is 3. The van der Waals surface area contributed by atoms with Crippen molar-refractivity contribution in [2.45, 2.75) is 27.3 Å². The summed E-state index contributed by atoms with van der Waals surface area (Å²) in [4.78, 5) is 16.0. The van der Waals surface area contributed by atoms with Crippen LogP contribution in [-0.2, 0) is 16.1 Å². The Hall–Kier alpha value is -1.55. The molecule has 0 radical (unpaired) electrons. The lowest BCUT2D eigenvalue weighted by molar-refractivity contribution is -0.122. The summed E-state index contributed by atoms with van der Waals surface area (Å²) in [6.07, 6.45) is 0. The fourth-order valence-electron chi connectivity index (χ4n) is 2.03. The van der Waals surface area contributed by atoms with E-state index in [2.05, 4.69) is 20.9 Å². The summed E-state index contributed by atoms with van der Waals surface area (Å²) in [6.45, 7) is 9.84. The van der Waals surface area contributed by atoms with Gasteiger partial charge in [0.15, 0.2) is 12.6 Å². The third-order valence-electron chi connectivity index (χ3n) is 3.15. The van der Waals surface area contributed by atoms with Gasteiger partial charge in [-0.25, -0.2) is 4.99 Å². The van der Waals surface area contributed by atoms with Crippen LogP contribution in [0.4, 0.5) is 0 Å². The third kappa shape index (κ3) is 11.1. The zero-order valence-electron chi connectivity index (χ0n) is 15.8. The maximum Gasteiger partial charge on any atom is 0.257 e. The number of amides is 1. The molecule has 26 heavy (non-hydrogen) atoms. The van der Waals surface area contributed by atoms with Gasteiger partial charge in [-0.05, 0) is 38.5 Å². The molecule has 1 amide bonds. The van der Waals surface area contributed by atoms with Gasteiger partial charge in [0, 0.05) is 26.2 Å². The summed E-state index contributed by atoms with van der Waals surface area (Å²) in [5, 5.41) is 9.12. The monoisotopic (exact) mass is 478 g/mol. The first-order chi connectivity index (χ1) is 12.2. The van der Waals surface area contributed by atoms with E-state index in [0.29, 0.717) is 38.6 Å². The fourth-order valence-corrected chi connectivity index (χ4v) is 2.03. The number of hydrogen-bond acceptors (Lipinski definition) is 4. The Bertz CT molecular complexity index is 541. The Morgan fingerprint density at radius 1 is 1.12 bits per heavy atom. The Kier molecular flexibility index (Phi) is 14.8. The van der Waals surface area contributed by atoms with Crippen molar-refractivity contribution in [2.24, 2.45) is 4.99 Å². The Balaban J connectivity index is 0.00000625. The van der Waals surface area contributed by atoms with Crippen molar-refractivity contribution in [2.75, 3.05) is 39.5 Å². The average molecular weight is 478 g/mol. The molecule has 0 aliphatic rings. The van der Waals surface area contributed by atoms with Gasteiger partial charge in [0.25, 0.3) is 5.91 Å². The molecule has 0 fully saturated rings. The van der Waals surface area contributed by atoms with E-state index in [4.69, 9.17) is 9.47 Å². The summed E-state index contributed by atoms with van der Waals surface area (Å²) in [5.74, 6) is 1.28. The van der Waals surface area contributed by atoms with E-state index in [0.717, 1.165) is 18.1 Å². The number of likely N-dealkylation sites (N-methyl/N-ethyl adjacent to an activating group) is 1. The molecular weight excluding hydrogens is 447 g/mol. The predicted octanol–water partition coefficient (Wildman–Crippen LogP) is 1.91. The van der Waals surface area contributed by atoms with Gasteiger partial charge in [0.2, 0.25) is 0 Å². The fraction of sp³-hybridized carbons (Fsp3) is 0.556. The number of aliphatic imine (C=N–C) groups is 1. The Morgan fingerprint density at radius 3 is 2.58 bits per heavy atom. The third-order valence-corrected chi connectivity index (χ3v) is 3.15. The average Bonchev–Trinajstić information content (AvgIpc) is 2.62. The van der Waals surface area contributed by atoms with Gasteiger partial charge in [-0.15, -0.1) is 24.0 Å². The van der Waals surface area contributed by atoms with Crippen LogP contribution >= 0.6 is 24.0 Å². The number of carbonyl (C=O) groups is 1. The molecule has 0 bridgehead atoms. The first kappa shape index (κ1) is 24.5. The van der Waals surface area contributed by atoms with Gasteiger partial charge in [0.1, 0.15) is 5.75 Å². The van der Waals surface area contributed by atoms with Crippen molar-refractivity contribution in [3.63, 3.8) is 0 Å². The number of nitrogens with one attached hydrogen (secondary N) is 3. The smallest absolute Gasteiger partial charge is 0.257 e. The van der Waals surface area contributed by atoms with Gasteiger partial charge in [-0.1, -0.05) is 12.1 Å². The highest BCUT2D eigenvalue weighted by molar-refractivity contribution is 14.0. The number of nitrogens with zero attached hydrogens (tertiary/aromatic N) is 1. The zero-order chi connectivity index (χ0) is 18.3. The largest absolute Gasteiger partial charge is 0.484 e. The number of ether oxygens (including phenoxy) is 2. The first-order valence-electron chi connectivity index (χ1n) is 8.77. The quantitative estimate of drug-likeness (QED) is 0.196. The normalized spacial score (nSPS) is 10.7. The molecule has 0 aromatic heterocycles. The maximum absolute atomic E-state index is 11.5. The van der Waals surface area contributed by atoms with E-state index in [1.807, 2.05) is 45.0 Å². The van der Waals surface area contributed by atoms with Crippen molar-refractivity contribution < 1.29 is 14.3 Å². The Morgan fingerprint density at radius 2 is 1.88 bits per heavy atom. The molecule has 7 nitrogen and oxygen atoms in total. The topological polar surface area (TPSA) is 84.0 Å². The van der Waals surface area contributed by atoms with Crippen molar-refractivity contribution in [1.29, 1.82) is 0 Å². The molecule has 0 atom stereocenters. The minimum absolute atomic E-state index is 0. The van der Waals surface area contributed by atoms with Crippen molar-refractivity contribution in [3.8, 4) is 5.75 Å². The summed E-state index contributed by atoms with van der Waals surface area (Å²) >= 11 is 0. The minimum Gasteiger partial charge on any atom is -0.484 e. The van der Waals surface area contributed by atoms with Crippen LogP contribution in [0.5, 0.6) is 5.75 Å². The molecule has 0 heterocycles. The molecule has 3 N–H and O–H groups in total. The lowest BCUT2D eigenvalue weighted by Crippen LogP contribution is -2.39. The van der Waals surface area contributed by atoms with E-state index in [1.54, 1.807) is 0 Å². The summed E-state index contributed by atoms with van der Waals surface area (Å²) in [7, 11) is 0. The molecule has 148 valence electrons. The molecule has 0 saturated heterocycles. The van der Waals surface area contributed by atoms with Gasteiger partial charge in [0.05, 0.1) is 13.2 Å². The highest BCUT2D eigenvalue weighted by Gasteiger charge is 2.02. The van der Waals surface area contributed by atoms with Crippen LogP contribution in [0.2, 0.25) is 0 Å². The summed E-state index contributed by atoms with van der Waals surface area (Å²) < 4.78 is 10.8. The maximum atomic E-state index is 11.5. The van der Waals surface area contributed by atoms with Crippen molar-refractivity contribution in [3.05, 3.63) is 29.8 Å². The van der Waals surface area contributed by atoms with Crippen LogP contribution in [0, 0.1) is 0 Å². The molecule has 1 rings (SSSR count). The second kappa shape index (κ2) is 15.7. The van der Waals surface area contributed by atoms with Crippen molar-refractivity contribution in [1.82, 2.24) is 16.0 Å².